The van der Waals surface area contributed by atoms with Crippen molar-refractivity contribution in [3.63, 3.8) is 0 Å². The summed E-state index contributed by atoms with van der Waals surface area (Å²) in [5.41, 5.74) is 1.12. The molecule has 0 spiro atoms. The highest BCUT2D eigenvalue weighted by Crippen LogP contribution is 2.55. The molecule has 0 bridgehead atoms. The Balaban J connectivity index is 1.86. The number of aromatic nitrogens is 2. The summed E-state index contributed by atoms with van der Waals surface area (Å²) >= 11 is 0. The van der Waals surface area contributed by atoms with Gasteiger partial charge in [-0.1, -0.05) is 12.1 Å². The maximum absolute atomic E-state index is 11.5. The van der Waals surface area contributed by atoms with Crippen LogP contribution >= 0.6 is 0 Å². The summed E-state index contributed by atoms with van der Waals surface area (Å²) in [7, 11) is 1.59. The number of hydrogen-bond donors (Lipinski definition) is 1. The van der Waals surface area contributed by atoms with Gasteiger partial charge in [-0.25, -0.2) is 9.97 Å². The monoisotopic (exact) mass is 328 g/mol. The zero-order valence-electron chi connectivity index (χ0n) is 13.9. The smallest absolute Gasteiger partial charge is 0.307 e. The highest BCUT2D eigenvalue weighted by molar-refractivity contribution is 5.77. The Kier molecular flexibility index (Phi) is 4.13. The lowest BCUT2D eigenvalue weighted by molar-refractivity contribution is -0.139. The summed E-state index contributed by atoms with van der Waals surface area (Å²) in [5, 5.41) is 9.45. The molecule has 126 valence electrons. The number of methoxy groups -OCH3 is 1. The molecule has 3 rings (SSSR count). The summed E-state index contributed by atoms with van der Waals surface area (Å²) in [6.45, 7) is 3.93. The molecule has 1 aromatic carbocycles. The van der Waals surface area contributed by atoms with E-state index in [1.807, 2.05) is 38.1 Å². The standard InChI is InChI=1S/C18H20N2O4/c1-11-16(9-19-12(2)20-11)24-10-18(8-15(18)17(21)22)13-5-4-6-14(7-13)23-3/h4-7,9,15H,8,10H2,1-3H3,(H,21,22). The van der Waals surface area contributed by atoms with Gasteiger partial charge in [-0.3, -0.25) is 4.79 Å². The number of rotatable bonds is 6. The van der Waals surface area contributed by atoms with Crippen LogP contribution in [0.4, 0.5) is 0 Å². The first-order valence-corrected chi connectivity index (χ1v) is 7.76. The van der Waals surface area contributed by atoms with Gasteiger partial charge in [-0.2, -0.15) is 0 Å². The van der Waals surface area contributed by atoms with Gasteiger partial charge in [0.05, 0.1) is 31.5 Å². The minimum atomic E-state index is -0.807. The second-order valence-corrected chi connectivity index (χ2v) is 6.14. The maximum atomic E-state index is 11.5. The summed E-state index contributed by atoms with van der Waals surface area (Å²) in [5.74, 6) is 0.698. The predicted octanol–water partition coefficient (Wildman–Crippen LogP) is 2.52. The quantitative estimate of drug-likeness (QED) is 0.877. The average Bonchev–Trinajstić information content (AvgIpc) is 3.30. The summed E-state index contributed by atoms with van der Waals surface area (Å²) in [4.78, 5) is 19.9. The van der Waals surface area contributed by atoms with Crippen LogP contribution in [0.5, 0.6) is 11.5 Å². The minimum Gasteiger partial charge on any atom is -0.497 e. The fourth-order valence-electron chi connectivity index (χ4n) is 3.04. The van der Waals surface area contributed by atoms with Crippen LogP contribution in [-0.2, 0) is 10.2 Å². The fourth-order valence-corrected chi connectivity index (χ4v) is 3.04. The molecule has 24 heavy (non-hydrogen) atoms. The van der Waals surface area contributed by atoms with Gasteiger partial charge < -0.3 is 14.6 Å². The highest BCUT2D eigenvalue weighted by atomic mass is 16.5. The molecule has 1 fully saturated rings. The number of benzene rings is 1. The normalized spacial score (nSPS) is 22.0. The Morgan fingerprint density at radius 2 is 2.21 bits per heavy atom. The zero-order chi connectivity index (χ0) is 17.3. The largest absolute Gasteiger partial charge is 0.497 e. The molecule has 1 aliphatic rings. The third kappa shape index (κ3) is 2.91. The molecule has 1 N–H and O–H groups in total. The van der Waals surface area contributed by atoms with E-state index < -0.39 is 17.3 Å². The molecule has 1 saturated carbocycles. The number of hydrogen-bond acceptors (Lipinski definition) is 5. The highest BCUT2D eigenvalue weighted by Gasteiger charge is 2.60. The Labute approximate surface area is 140 Å². The number of carboxylic acid groups (broad SMARTS) is 1. The summed E-state index contributed by atoms with van der Waals surface area (Å²) < 4.78 is 11.2. The maximum Gasteiger partial charge on any atom is 0.307 e. The topological polar surface area (TPSA) is 81.5 Å². The van der Waals surface area contributed by atoms with E-state index in [1.54, 1.807) is 13.3 Å². The van der Waals surface area contributed by atoms with E-state index in [9.17, 15) is 9.90 Å². The van der Waals surface area contributed by atoms with Crippen molar-refractivity contribution in [2.24, 2.45) is 5.92 Å². The lowest BCUT2D eigenvalue weighted by Gasteiger charge is -2.19. The van der Waals surface area contributed by atoms with Crippen molar-refractivity contribution in [1.82, 2.24) is 9.97 Å². The van der Waals surface area contributed by atoms with Crippen LogP contribution in [0.3, 0.4) is 0 Å². The molecule has 1 aromatic heterocycles. The van der Waals surface area contributed by atoms with E-state index >= 15 is 0 Å². The van der Waals surface area contributed by atoms with Gasteiger partial charge in [0.2, 0.25) is 0 Å². The van der Waals surface area contributed by atoms with Crippen molar-refractivity contribution < 1.29 is 19.4 Å². The molecule has 6 heteroatoms. The molecule has 0 saturated heterocycles. The fraction of sp³-hybridized carbons (Fsp3) is 0.389. The Hall–Kier alpha value is -2.63. The molecule has 1 heterocycles. The minimum absolute atomic E-state index is 0.268. The van der Waals surface area contributed by atoms with Gasteiger partial charge in [0.1, 0.15) is 11.6 Å². The summed E-state index contributed by atoms with van der Waals surface area (Å²) in [6, 6.07) is 7.51. The first-order chi connectivity index (χ1) is 11.5. The van der Waals surface area contributed by atoms with Crippen molar-refractivity contribution in [2.45, 2.75) is 25.7 Å². The van der Waals surface area contributed by atoms with Crippen molar-refractivity contribution in [3.8, 4) is 11.5 Å². The second kappa shape index (κ2) is 6.11. The van der Waals surface area contributed by atoms with E-state index in [-0.39, 0.29) is 6.61 Å². The molecule has 2 atom stereocenters. The molecule has 2 aromatic rings. The number of ether oxygens (including phenoxy) is 2. The van der Waals surface area contributed by atoms with Crippen LogP contribution in [-0.4, -0.2) is 34.8 Å². The molecule has 1 aliphatic carbocycles. The Morgan fingerprint density at radius 1 is 1.42 bits per heavy atom. The second-order valence-electron chi connectivity index (χ2n) is 6.14. The van der Waals surface area contributed by atoms with E-state index in [0.717, 1.165) is 11.3 Å². The first kappa shape index (κ1) is 16.2. The molecular formula is C18H20N2O4. The van der Waals surface area contributed by atoms with E-state index in [1.165, 1.54) is 0 Å². The SMILES string of the molecule is COc1cccc(C2(COc3cnc(C)nc3C)CC2C(=O)O)c1. The number of nitrogens with zero attached hydrogens (tertiary/aromatic N) is 2. The van der Waals surface area contributed by atoms with Gasteiger partial charge in [0.25, 0.3) is 0 Å². The van der Waals surface area contributed by atoms with Crippen molar-refractivity contribution in [1.29, 1.82) is 0 Å². The van der Waals surface area contributed by atoms with Gasteiger partial charge in [-0.05, 0) is 38.0 Å². The summed E-state index contributed by atoms with van der Waals surface area (Å²) in [6.07, 6.45) is 2.18. The average molecular weight is 328 g/mol. The van der Waals surface area contributed by atoms with Crippen LogP contribution < -0.4 is 9.47 Å². The molecule has 6 nitrogen and oxygen atoms in total. The van der Waals surface area contributed by atoms with Gasteiger partial charge in [-0.15, -0.1) is 0 Å². The zero-order valence-corrected chi connectivity index (χ0v) is 13.9. The van der Waals surface area contributed by atoms with Crippen LogP contribution in [0.1, 0.15) is 23.5 Å². The molecule has 0 amide bonds. The predicted molar refractivity (Wildman–Crippen MR) is 87.4 cm³/mol. The number of carboxylic acids is 1. The lowest BCUT2D eigenvalue weighted by Crippen LogP contribution is -2.24. The van der Waals surface area contributed by atoms with Gasteiger partial charge in [0, 0.05) is 5.41 Å². The van der Waals surface area contributed by atoms with Gasteiger partial charge in [0.15, 0.2) is 5.75 Å². The van der Waals surface area contributed by atoms with Crippen LogP contribution in [0.15, 0.2) is 30.5 Å². The van der Waals surface area contributed by atoms with Crippen LogP contribution in [0.25, 0.3) is 0 Å². The van der Waals surface area contributed by atoms with Crippen LogP contribution in [0, 0.1) is 19.8 Å². The van der Waals surface area contributed by atoms with E-state index in [0.29, 0.717) is 23.7 Å². The third-order valence-electron chi connectivity index (χ3n) is 4.56. The number of aliphatic carboxylic acids is 1. The lowest BCUT2D eigenvalue weighted by atomic mass is 9.93. The van der Waals surface area contributed by atoms with Crippen molar-refractivity contribution in [2.75, 3.05) is 13.7 Å². The van der Waals surface area contributed by atoms with Crippen molar-refractivity contribution in [3.05, 3.63) is 47.5 Å². The Bertz CT molecular complexity index is 777. The molecular weight excluding hydrogens is 308 g/mol. The number of aryl methyl sites for hydroxylation is 2. The van der Waals surface area contributed by atoms with Crippen molar-refractivity contribution >= 4 is 5.97 Å². The molecule has 2 unspecified atom stereocenters. The van der Waals surface area contributed by atoms with Crippen LogP contribution in [0.2, 0.25) is 0 Å². The van der Waals surface area contributed by atoms with Gasteiger partial charge >= 0.3 is 5.97 Å². The number of carbonyl (C=O) groups is 1. The van der Waals surface area contributed by atoms with E-state index in [4.69, 9.17) is 9.47 Å². The molecule has 0 aliphatic heterocycles. The third-order valence-corrected chi connectivity index (χ3v) is 4.56. The molecule has 0 radical (unpaired) electrons. The van der Waals surface area contributed by atoms with E-state index in [2.05, 4.69) is 9.97 Å². The first-order valence-electron chi connectivity index (χ1n) is 7.76. The Morgan fingerprint density at radius 3 is 2.83 bits per heavy atom.